The highest BCUT2D eigenvalue weighted by atomic mass is 32.2. The quantitative estimate of drug-likeness (QED) is 0.709. The molecule has 2 unspecified atom stereocenters. The zero-order chi connectivity index (χ0) is 21.8. The van der Waals surface area contributed by atoms with E-state index in [-0.39, 0.29) is 11.9 Å². The first-order valence-corrected chi connectivity index (χ1v) is 11.4. The molecular formula is C22H30N2O4S. The number of sulfonamides is 1. The second-order valence-electron chi connectivity index (χ2n) is 7.22. The van der Waals surface area contributed by atoms with Crippen molar-refractivity contribution in [2.24, 2.45) is 0 Å². The van der Waals surface area contributed by atoms with Gasteiger partial charge >= 0.3 is 0 Å². The smallest absolute Gasteiger partial charge is 0.244 e. The van der Waals surface area contributed by atoms with Crippen LogP contribution in [0.1, 0.15) is 43.0 Å². The molecule has 0 aromatic heterocycles. The van der Waals surface area contributed by atoms with Gasteiger partial charge in [-0.05, 0) is 56.5 Å². The van der Waals surface area contributed by atoms with Crippen LogP contribution in [0.5, 0.6) is 5.75 Å². The maximum Gasteiger partial charge on any atom is 0.244 e. The summed E-state index contributed by atoms with van der Waals surface area (Å²) in [7, 11) is -2.09. The van der Waals surface area contributed by atoms with Gasteiger partial charge in [-0.3, -0.25) is 9.10 Å². The summed E-state index contributed by atoms with van der Waals surface area (Å²) in [5, 5.41) is 2.95. The topological polar surface area (TPSA) is 75.7 Å². The first-order valence-electron chi connectivity index (χ1n) is 9.60. The molecule has 0 fully saturated rings. The Bertz CT molecular complexity index is 973. The second-order valence-corrected chi connectivity index (χ2v) is 9.08. The molecule has 2 aromatic rings. The summed E-state index contributed by atoms with van der Waals surface area (Å²) in [5.41, 5.74) is 3.34. The normalized spacial score (nSPS) is 13.4. The van der Waals surface area contributed by atoms with Gasteiger partial charge < -0.3 is 10.1 Å². The molecule has 29 heavy (non-hydrogen) atoms. The van der Waals surface area contributed by atoms with Crippen LogP contribution in [-0.4, -0.2) is 33.7 Å². The molecule has 0 saturated heterocycles. The van der Waals surface area contributed by atoms with Crippen LogP contribution in [0.4, 0.5) is 5.69 Å². The molecule has 158 valence electrons. The second kappa shape index (κ2) is 9.31. The Kier molecular flexibility index (Phi) is 7.30. The number of hydrogen-bond donors (Lipinski definition) is 1. The number of amides is 1. The van der Waals surface area contributed by atoms with Gasteiger partial charge in [0.25, 0.3) is 0 Å². The van der Waals surface area contributed by atoms with Crippen LogP contribution < -0.4 is 14.4 Å². The van der Waals surface area contributed by atoms with E-state index in [1.54, 1.807) is 26.2 Å². The Morgan fingerprint density at radius 1 is 1.14 bits per heavy atom. The van der Waals surface area contributed by atoms with E-state index in [0.717, 1.165) is 22.9 Å². The highest BCUT2D eigenvalue weighted by Crippen LogP contribution is 2.27. The summed E-state index contributed by atoms with van der Waals surface area (Å²) in [5.74, 6) is 0.317. The van der Waals surface area contributed by atoms with Crippen molar-refractivity contribution in [2.75, 3.05) is 17.7 Å². The number of hydrogen-bond acceptors (Lipinski definition) is 4. The standard InChI is InChI=1S/C22H30N2O4S/c1-7-20(22(25)23-17(4)19-10-8-9-11-21(19)28-5)24(29(6,26)27)18-13-12-15(2)16(3)14-18/h8-14,17,20H,7H2,1-6H3,(H,23,25). The lowest BCUT2D eigenvalue weighted by molar-refractivity contribution is -0.122. The van der Waals surface area contributed by atoms with Crippen LogP contribution in [0.2, 0.25) is 0 Å². The number of para-hydroxylation sites is 1. The van der Waals surface area contributed by atoms with Crippen LogP contribution in [0.3, 0.4) is 0 Å². The van der Waals surface area contributed by atoms with E-state index in [9.17, 15) is 13.2 Å². The fourth-order valence-electron chi connectivity index (χ4n) is 3.33. The Balaban J connectivity index is 2.36. The summed E-state index contributed by atoms with van der Waals surface area (Å²) in [6, 6.07) is 11.6. The Morgan fingerprint density at radius 2 is 1.79 bits per heavy atom. The number of anilines is 1. The number of methoxy groups -OCH3 is 1. The number of rotatable bonds is 8. The number of benzene rings is 2. The van der Waals surface area contributed by atoms with E-state index in [2.05, 4.69) is 5.32 Å². The number of ether oxygens (including phenoxy) is 1. The molecule has 0 spiro atoms. The van der Waals surface area contributed by atoms with E-state index in [0.29, 0.717) is 17.9 Å². The van der Waals surface area contributed by atoms with Gasteiger partial charge in [-0.1, -0.05) is 31.2 Å². The molecular weight excluding hydrogens is 388 g/mol. The minimum atomic E-state index is -3.67. The number of carbonyl (C=O) groups excluding carboxylic acids is 1. The van der Waals surface area contributed by atoms with E-state index in [1.807, 2.05) is 51.1 Å². The molecule has 0 bridgehead atoms. The number of nitrogens with zero attached hydrogens (tertiary/aromatic N) is 1. The molecule has 0 saturated carbocycles. The minimum absolute atomic E-state index is 0.338. The first kappa shape index (κ1) is 22.7. The molecule has 2 atom stereocenters. The van der Waals surface area contributed by atoms with Gasteiger partial charge in [-0.2, -0.15) is 0 Å². The summed E-state index contributed by atoms with van der Waals surface area (Å²) in [6.45, 7) is 7.54. The van der Waals surface area contributed by atoms with E-state index in [1.165, 1.54) is 4.31 Å². The molecule has 6 nitrogen and oxygen atoms in total. The van der Waals surface area contributed by atoms with Crippen molar-refractivity contribution in [3.63, 3.8) is 0 Å². The highest BCUT2D eigenvalue weighted by molar-refractivity contribution is 7.92. The number of aryl methyl sites for hydroxylation is 2. The summed E-state index contributed by atoms with van der Waals surface area (Å²) in [6.07, 6.45) is 1.46. The average molecular weight is 419 g/mol. The minimum Gasteiger partial charge on any atom is -0.496 e. The third-order valence-corrected chi connectivity index (χ3v) is 6.22. The Hall–Kier alpha value is -2.54. The maximum atomic E-state index is 13.1. The van der Waals surface area contributed by atoms with Crippen molar-refractivity contribution in [3.8, 4) is 5.75 Å². The number of carbonyl (C=O) groups is 1. The lowest BCUT2D eigenvalue weighted by Crippen LogP contribution is -2.49. The van der Waals surface area contributed by atoms with Crippen LogP contribution in [0, 0.1) is 13.8 Å². The van der Waals surface area contributed by atoms with Crippen LogP contribution >= 0.6 is 0 Å². The molecule has 0 aliphatic rings. The molecule has 0 radical (unpaired) electrons. The zero-order valence-electron chi connectivity index (χ0n) is 17.9. The van der Waals surface area contributed by atoms with Gasteiger partial charge in [0, 0.05) is 5.56 Å². The molecule has 7 heteroatoms. The third-order valence-electron chi connectivity index (χ3n) is 5.04. The zero-order valence-corrected chi connectivity index (χ0v) is 18.7. The summed E-state index contributed by atoms with van der Waals surface area (Å²) in [4.78, 5) is 13.1. The molecule has 2 rings (SSSR count). The summed E-state index contributed by atoms with van der Waals surface area (Å²) >= 11 is 0. The van der Waals surface area contributed by atoms with Crippen molar-refractivity contribution < 1.29 is 17.9 Å². The van der Waals surface area contributed by atoms with Crippen LogP contribution in [0.15, 0.2) is 42.5 Å². The highest BCUT2D eigenvalue weighted by Gasteiger charge is 2.32. The lowest BCUT2D eigenvalue weighted by Gasteiger charge is -2.31. The molecule has 1 amide bonds. The molecule has 0 heterocycles. The first-order chi connectivity index (χ1) is 13.6. The van der Waals surface area contributed by atoms with Crippen molar-refractivity contribution in [1.29, 1.82) is 0 Å². The van der Waals surface area contributed by atoms with Crippen molar-refractivity contribution in [1.82, 2.24) is 5.32 Å². The fraction of sp³-hybridized carbons (Fsp3) is 0.409. The fourth-order valence-corrected chi connectivity index (χ4v) is 4.54. The van der Waals surface area contributed by atoms with Crippen molar-refractivity contribution in [3.05, 3.63) is 59.2 Å². The molecule has 2 aromatic carbocycles. The largest absolute Gasteiger partial charge is 0.496 e. The molecule has 1 N–H and O–H groups in total. The van der Waals surface area contributed by atoms with Gasteiger partial charge in [0.05, 0.1) is 25.1 Å². The Labute approximate surface area is 173 Å². The van der Waals surface area contributed by atoms with Gasteiger partial charge in [-0.25, -0.2) is 8.42 Å². The maximum absolute atomic E-state index is 13.1. The van der Waals surface area contributed by atoms with Gasteiger partial charge in [0.1, 0.15) is 11.8 Å². The van der Waals surface area contributed by atoms with Crippen LogP contribution in [0.25, 0.3) is 0 Å². The lowest BCUT2D eigenvalue weighted by atomic mass is 10.1. The SMILES string of the molecule is CCC(C(=O)NC(C)c1ccccc1OC)N(c1ccc(C)c(C)c1)S(C)(=O)=O. The predicted octanol–water partition coefficient (Wildman–Crippen LogP) is 3.73. The summed E-state index contributed by atoms with van der Waals surface area (Å²) < 4.78 is 31.8. The van der Waals surface area contributed by atoms with Gasteiger partial charge in [0.15, 0.2) is 0 Å². The predicted molar refractivity (Wildman–Crippen MR) is 117 cm³/mol. The molecule has 0 aliphatic carbocycles. The van der Waals surface area contributed by atoms with E-state index in [4.69, 9.17) is 4.74 Å². The van der Waals surface area contributed by atoms with Gasteiger partial charge in [0.2, 0.25) is 15.9 Å². The monoisotopic (exact) mass is 418 g/mol. The van der Waals surface area contributed by atoms with Crippen LogP contribution in [-0.2, 0) is 14.8 Å². The average Bonchev–Trinajstić information content (AvgIpc) is 2.67. The van der Waals surface area contributed by atoms with Crippen molar-refractivity contribution >= 4 is 21.6 Å². The molecule has 0 aliphatic heterocycles. The van der Waals surface area contributed by atoms with Crippen molar-refractivity contribution in [2.45, 2.75) is 46.2 Å². The third kappa shape index (κ3) is 5.29. The number of nitrogens with one attached hydrogen (secondary N) is 1. The van der Waals surface area contributed by atoms with Gasteiger partial charge in [-0.15, -0.1) is 0 Å². The Morgan fingerprint density at radius 3 is 2.34 bits per heavy atom. The van der Waals surface area contributed by atoms with E-state index < -0.39 is 16.1 Å². The van der Waals surface area contributed by atoms with E-state index >= 15 is 0 Å².